The topological polar surface area (TPSA) is 17.1 Å². The van der Waals surface area contributed by atoms with Crippen molar-refractivity contribution in [1.82, 2.24) is 0 Å². The van der Waals surface area contributed by atoms with E-state index in [1.54, 1.807) is 0 Å². The molecule has 0 aromatic rings. The average molecular weight is 61.1 g/mol. The molecule has 0 aromatic heterocycles. The fraction of sp³-hybridized carbons (Fsp3) is 0.667. The lowest BCUT2D eigenvalue weighted by molar-refractivity contribution is -0.107. The molecule has 0 amide bonds. The van der Waals surface area contributed by atoms with Crippen LogP contribution in [0.1, 0.15) is 17.4 Å². The molecule has 0 bridgehead atoms. The summed E-state index contributed by atoms with van der Waals surface area (Å²) in [5.41, 5.74) is 0. The first-order valence-corrected chi connectivity index (χ1v) is 0.878. The minimum Gasteiger partial charge on any atom is -0.303 e. The van der Waals surface area contributed by atoms with Crippen molar-refractivity contribution in [3.8, 4) is 0 Å². The summed E-state index contributed by atoms with van der Waals surface area (Å²) in [6.07, 6.45) is -1.79. The van der Waals surface area contributed by atoms with Crippen molar-refractivity contribution in [3.63, 3.8) is 0 Å². The van der Waals surface area contributed by atoms with Gasteiger partial charge in [0.2, 0.25) is 0 Å². The number of hydrogen-bond acceptors (Lipinski definition) is 1. The van der Waals surface area contributed by atoms with E-state index in [4.69, 9.17) is 4.11 Å². The monoisotopic (exact) mass is 61.1 g/mol. The first-order valence-electron chi connectivity index (χ1n) is 2.59. The smallest absolute Gasteiger partial charge is 0.119 e. The van der Waals surface area contributed by atoms with Gasteiger partial charge in [-0.25, -0.2) is 0 Å². The molecule has 0 heterocycles. The molecule has 0 aliphatic heterocycles. The second kappa shape index (κ2) is 2.67. The highest BCUT2D eigenvalue weighted by molar-refractivity contribution is 5.48. The van der Waals surface area contributed by atoms with Gasteiger partial charge in [-0.15, -0.1) is 0 Å². The summed E-state index contributed by atoms with van der Waals surface area (Å²) in [7, 11) is 0. The third kappa shape index (κ3) is 1.67. The standard InChI is InChI=1S/C3H6O/c1-2-3-4/h3H,2H2,1H3/i1D,2D2. The van der Waals surface area contributed by atoms with Crippen LogP contribution in [0.25, 0.3) is 0 Å². The Morgan fingerprint density at radius 1 is 2.75 bits per heavy atom. The van der Waals surface area contributed by atoms with Crippen LogP contribution < -0.4 is 0 Å². The van der Waals surface area contributed by atoms with Crippen LogP contribution in [0.3, 0.4) is 0 Å². The fourth-order valence-corrected chi connectivity index (χ4v) is 0. The first kappa shape index (κ1) is 0.814. The zero-order valence-corrected chi connectivity index (χ0v) is 2.19. The van der Waals surface area contributed by atoms with E-state index in [-0.39, 0.29) is 6.29 Å². The molecule has 0 saturated carbocycles. The van der Waals surface area contributed by atoms with Gasteiger partial charge in [-0.1, -0.05) is 6.90 Å². The van der Waals surface area contributed by atoms with Crippen molar-refractivity contribution in [2.75, 3.05) is 0 Å². The molecule has 1 nitrogen and oxygen atoms in total. The highest BCUT2D eigenvalue weighted by Crippen LogP contribution is 1.53. The molecular weight excluding hydrogens is 52.0 g/mol. The van der Waals surface area contributed by atoms with E-state index in [0.717, 1.165) is 0 Å². The van der Waals surface area contributed by atoms with Crippen LogP contribution in [0.15, 0.2) is 0 Å². The summed E-state index contributed by atoms with van der Waals surface area (Å²) in [6, 6.07) is 0. The Hall–Kier alpha value is -0.330. The largest absolute Gasteiger partial charge is 0.303 e. The number of rotatable bonds is 1. The molecule has 0 unspecified atom stereocenters. The van der Waals surface area contributed by atoms with Crippen molar-refractivity contribution in [2.24, 2.45) is 0 Å². The number of aldehydes is 1. The van der Waals surface area contributed by atoms with E-state index < -0.39 is 13.3 Å². The van der Waals surface area contributed by atoms with E-state index in [0.29, 0.717) is 0 Å². The van der Waals surface area contributed by atoms with Gasteiger partial charge in [-0.05, 0) is 0 Å². The molecule has 1 heteroatoms. The average Bonchev–Trinajstić information content (AvgIpc) is 1.68. The highest BCUT2D eigenvalue weighted by Gasteiger charge is 1.52. The quantitative estimate of drug-likeness (QED) is 0.406. The Morgan fingerprint density at radius 3 is 3.50 bits per heavy atom. The predicted octanol–water partition coefficient (Wildman–Crippen LogP) is 0.595. The molecule has 0 aliphatic rings. The molecule has 24 valence electrons. The van der Waals surface area contributed by atoms with Crippen LogP contribution in [-0.4, -0.2) is 6.29 Å². The van der Waals surface area contributed by atoms with Crippen LogP contribution in [0.4, 0.5) is 0 Å². The summed E-state index contributed by atoms with van der Waals surface area (Å²) in [5.74, 6) is 0. The Morgan fingerprint density at radius 2 is 3.50 bits per heavy atom. The molecular formula is C3H6O. The zero-order valence-electron chi connectivity index (χ0n) is 5.19. The number of hydrogen-bond donors (Lipinski definition) is 0. The molecule has 0 saturated heterocycles. The summed E-state index contributed by atoms with van der Waals surface area (Å²) in [4.78, 5) is 9.56. The van der Waals surface area contributed by atoms with E-state index in [1.807, 2.05) is 0 Å². The van der Waals surface area contributed by atoms with Crippen molar-refractivity contribution >= 4 is 6.29 Å². The predicted molar refractivity (Wildman–Crippen MR) is 16.4 cm³/mol. The van der Waals surface area contributed by atoms with Crippen LogP contribution in [0.5, 0.6) is 0 Å². The summed E-state index contributed by atoms with van der Waals surface area (Å²) < 4.78 is 19.5. The highest BCUT2D eigenvalue weighted by atomic mass is 16.1. The summed E-state index contributed by atoms with van der Waals surface area (Å²) >= 11 is 0. The molecule has 0 aliphatic carbocycles. The lowest BCUT2D eigenvalue weighted by atomic mass is 10.6. The zero-order chi connectivity index (χ0) is 5.91. The second-order valence-corrected chi connectivity index (χ2v) is 0.322. The number of carbonyl (C=O) groups excluding carboxylic acids is 1. The summed E-state index contributed by atoms with van der Waals surface area (Å²) in [5, 5.41) is 0. The van der Waals surface area contributed by atoms with E-state index in [2.05, 4.69) is 0 Å². The Balaban J connectivity index is 3.58. The van der Waals surface area contributed by atoms with Gasteiger partial charge in [0, 0.05) is 10.5 Å². The van der Waals surface area contributed by atoms with Gasteiger partial charge in [0.1, 0.15) is 6.29 Å². The van der Waals surface area contributed by atoms with Gasteiger partial charge < -0.3 is 4.79 Å². The van der Waals surface area contributed by atoms with E-state index in [9.17, 15) is 4.79 Å². The molecule has 0 rings (SSSR count). The van der Waals surface area contributed by atoms with Crippen LogP contribution >= 0.6 is 0 Å². The van der Waals surface area contributed by atoms with Gasteiger partial charge in [0.25, 0.3) is 0 Å². The van der Waals surface area contributed by atoms with Crippen molar-refractivity contribution in [2.45, 2.75) is 13.3 Å². The van der Waals surface area contributed by atoms with Gasteiger partial charge in [0.15, 0.2) is 0 Å². The van der Waals surface area contributed by atoms with Crippen molar-refractivity contribution < 1.29 is 8.91 Å². The molecule has 0 radical (unpaired) electrons. The lowest BCUT2D eigenvalue weighted by Crippen LogP contribution is -1.55. The maximum Gasteiger partial charge on any atom is 0.119 e. The second-order valence-electron chi connectivity index (χ2n) is 0.322. The Kier molecular flexibility index (Phi) is 0.543. The molecule has 4 heavy (non-hydrogen) atoms. The van der Waals surface area contributed by atoms with Crippen LogP contribution in [-0.2, 0) is 4.79 Å². The fourth-order valence-electron chi connectivity index (χ4n) is 0. The maximum atomic E-state index is 9.56. The first-order chi connectivity index (χ1) is 3.12. The molecule has 0 spiro atoms. The van der Waals surface area contributed by atoms with Crippen molar-refractivity contribution in [1.29, 1.82) is 0 Å². The van der Waals surface area contributed by atoms with Gasteiger partial charge in [-0.3, -0.25) is 0 Å². The van der Waals surface area contributed by atoms with E-state index in [1.165, 1.54) is 0 Å². The maximum absolute atomic E-state index is 9.56. The Bertz CT molecular complexity index is 70.6. The van der Waals surface area contributed by atoms with Gasteiger partial charge in [0.05, 0.1) is 0 Å². The minimum absolute atomic E-state index is 0.139. The SMILES string of the molecule is [2H]CC([2H])([2H])C=O. The third-order valence-corrected chi connectivity index (χ3v) is 0.0833. The molecule has 0 fully saturated rings. The van der Waals surface area contributed by atoms with E-state index >= 15 is 0 Å². The van der Waals surface area contributed by atoms with Gasteiger partial charge >= 0.3 is 0 Å². The van der Waals surface area contributed by atoms with Gasteiger partial charge in [-0.2, -0.15) is 0 Å². The third-order valence-electron chi connectivity index (χ3n) is 0.0833. The van der Waals surface area contributed by atoms with Crippen LogP contribution in [0, 0.1) is 0 Å². The lowest BCUT2D eigenvalue weighted by Gasteiger charge is -1.51. The minimum atomic E-state index is -1.93. The van der Waals surface area contributed by atoms with Crippen molar-refractivity contribution in [3.05, 3.63) is 0 Å². The molecule has 0 atom stereocenters. The normalized spacial score (nSPS) is 20.5. The summed E-state index contributed by atoms with van der Waals surface area (Å²) in [6.45, 7) is -0.490. The number of carbonyl (C=O) groups is 1. The van der Waals surface area contributed by atoms with Crippen LogP contribution in [0.2, 0.25) is 0 Å². The molecule has 0 aromatic carbocycles. The Labute approximate surface area is 29.8 Å². The molecule has 0 N–H and O–H groups in total.